The van der Waals surface area contributed by atoms with Crippen molar-refractivity contribution in [1.29, 1.82) is 5.26 Å². The second kappa shape index (κ2) is 5.74. The van der Waals surface area contributed by atoms with Gasteiger partial charge in [-0.2, -0.15) is 5.26 Å². The van der Waals surface area contributed by atoms with Crippen LogP contribution in [-0.4, -0.2) is 17.0 Å². The first-order chi connectivity index (χ1) is 9.51. The van der Waals surface area contributed by atoms with Gasteiger partial charge in [-0.25, -0.2) is 4.79 Å². The summed E-state index contributed by atoms with van der Waals surface area (Å²) in [5.74, 6) is -1.53. The molecule has 1 amide bonds. The number of rotatable bonds is 3. The molecule has 20 heavy (non-hydrogen) atoms. The Labute approximate surface area is 123 Å². The van der Waals surface area contributed by atoms with Crippen molar-refractivity contribution in [2.45, 2.75) is 0 Å². The lowest BCUT2D eigenvalue weighted by Crippen LogP contribution is -2.10. The lowest BCUT2D eigenvalue weighted by molar-refractivity contribution is 0.0702. The molecule has 5 nitrogen and oxygen atoms in total. The molecule has 2 aromatic rings. The van der Waals surface area contributed by atoms with Gasteiger partial charge >= 0.3 is 5.97 Å². The average molecular weight is 307 g/mol. The van der Waals surface area contributed by atoms with Crippen molar-refractivity contribution in [2.75, 3.05) is 5.32 Å². The van der Waals surface area contributed by atoms with Crippen molar-refractivity contribution in [3.8, 4) is 6.07 Å². The van der Waals surface area contributed by atoms with Gasteiger partial charge in [0.1, 0.15) is 4.88 Å². The van der Waals surface area contributed by atoms with E-state index in [1.807, 2.05) is 6.07 Å². The van der Waals surface area contributed by atoms with Crippen LogP contribution in [0.15, 0.2) is 30.3 Å². The van der Waals surface area contributed by atoms with Crippen LogP contribution >= 0.6 is 22.9 Å². The predicted octanol–water partition coefficient (Wildman–Crippen LogP) is 3.22. The molecule has 1 heterocycles. The third-order valence-corrected chi connectivity index (χ3v) is 3.77. The number of nitrogens with one attached hydrogen (secondary N) is 1. The van der Waals surface area contributed by atoms with Crippen molar-refractivity contribution in [2.24, 2.45) is 0 Å². The first-order valence-corrected chi connectivity index (χ1v) is 6.55. The van der Waals surface area contributed by atoms with Gasteiger partial charge in [-0.05, 0) is 30.3 Å². The van der Waals surface area contributed by atoms with E-state index in [0.717, 1.165) is 11.3 Å². The molecule has 1 aromatic carbocycles. The zero-order chi connectivity index (χ0) is 14.7. The molecular formula is C13H7ClN2O3S. The maximum absolute atomic E-state index is 11.9. The summed E-state index contributed by atoms with van der Waals surface area (Å²) in [5.41, 5.74) is 0.748. The average Bonchev–Trinajstić information content (AvgIpc) is 2.91. The van der Waals surface area contributed by atoms with Gasteiger partial charge in [0.15, 0.2) is 0 Å². The first kappa shape index (κ1) is 14.1. The highest BCUT2D eigenvalue weighted by molar-refractivity contribution is 7.16. The summed E-state index contributed by atoms with van der Waals surface area (Å²) in [5, 5.41) is 20.3. The van der Waals surface area contributed by atoms with E-state index in [4.69, 9.17) is 22.0 Å². The Morgan fingerprint density at radius 3 is 2.50 bits per heavy atom. The topological polar surface area (TPSA) is 90.2 Å². The summed E-state index contributed by atoms with van der Waals surface area (Å²) < 4.78 is 0. The lowest BCUT2D eigenvalue weighted by atomic mass is 10.2. The number of carbonyl (C=O) groups excluding carboxylic acids is 1. The summed E-state index contributed by atoms with van der Waals surface area (Å²) in [6.07, 6.45) is 0. The van der Waals surface area contributed by atoms with E-state index >= 15 is 0 Å². The van der Waals surface area contributed by atoms with Crippen LogP contribution in [0.2, 0.25) is 5.02 Å². The largest absolute Gasteiger partial charge is 0.477 e. The molecule has 0 saturated carbocycles. The highest BCUT2D eigenvalue weighted by Gasteiger charge is 2.14. The van der Waals surface area contributed by atoms with Crippen LogP contribution in [0.4, 0.5) is 5.69 Å². The fraction of sp³-hybridized carbons (Fsp3) is 0. The van der Waals surface area contributed by atoms with E-state index < -0.39 is 11.9 Å². The highest BCUT2D eigenvalue weighted by atomic mass is 35.5. The second-order valence-electron chi connectivity index (χ2n) is 3.73. The summed E-state index contributed by atoms with van der Waals surface area (Å²) >= 11 is 6.81. The van der Waals surface area contributed by atoms with Gasteiger partial charge in [0, 0.05) is 0 Å². The molecule has 100 valence electrons. The van der Waals surface area contributed by atoms with Crippen LogP contribution in [0.1, 0.15) is 24.9 Å². The Kier molecular flexibility index (Phi) is 4.03. The standard InChI is InChI=1S/C13H7ClN2O3S/c14-8-5-7(6-15)1-2-9(8)16-12(17)10-3-4-11(20-10)13(18)19/h1-5H,(H,16,17)(H,18,19). The number of anilines is 1. The third-order valence-electron chi connectivity index (χ3n) is 2.39. The molecule has 7 heteroatoms. The summed E-state index contributed by atoms with van der Waals surface area (Å²) in [6.45, 7) is 0. The molecule has 2 N–H and O–H groups in total. The Hall–Kier alpha value is -2.36. The van der Waals surface area contributed by atoms with Crippen LogP contribution in [0, 0.1) is 11.3 Å². The highest BCUT2D eigenvalue weighted by Crippen LogP contribution is 2.24. The van der Waals surface area contributed by atoms with Gasteiger partial charge in [0.2, 0.25) is 0 Å². The number of amides is 1. The molecule has 0 radical (unpaired) electrons. The second-order valence-corrected chi connectivity index (χ2v) is 5.22. The van der Waals surface area contributed by atoms with Gasteiger partial charge < -0.3 is 10.4 Å². The van der Waals surface area contributed by atoms with E-state index in [0.29, 0.717) is 11.3 Å². The molecule has 0 aliphatic rings. The molecule has 0 saturated heterocycles. The number of carboxylic acid groups (broad SMARTS) is 1. The Bertz CT molecular complexity index is 733. The molecule has 0 spiro atoms. The zero-order valence-corrected chi connectivity index (χ0v) is 11.5. The molecule has 0 bridgehead atoms. The van der Waals surface area contributed by atoms with Gasteiger partial charge in [0.25, 0.3) is 5.91 Å². The monoisotopic (exact) mass is 306 g/mol. The van der Waals surface area contributed by atoms with E-state index in [1.54, 1.807) is 0 Å². The number of hydrogen-bond donors (Lipinski definition) is 2. The SMILES string of the molecule is N#Cc1ccc(NC(=O)c2ccc(C(=O)O)s2)c(Cl)c1. The summed E-state index contributed by atoms with van der Waals surface area (Å²) in [6, 6.07) is 9.21. The van der Waals surface area contributed by atoms with Gasteiger partial charge in [-0.3, -0.25) is 4.79 Å². The number of aromatic carboxylic acids is 1. The smallest absolute Gasteiger partial charge is 0.345 e. The lowest BCUT2D eigenvalue weighted by Gasteiger charge is -2.05. The molecule has 0 aliphatic heterocycles. The van der Waals surface area contributed by atoms with Crippen molar-refractivity contribution in [3.63, 3.8) is 0 Å². The van der Waals surface area contributed by atoms with Crippen molar-refractivity contribution < 1.29 is 14.7 Å². The predicted molar refractivity (Wildman–Crippen MR) is 75.4 cm³/mol. The van der Waals surface area contributed by atoms with E-state index in [9.17, 15) is 9.59 Å². The molecule has 0 atom stereocenters. The maximum Gasteiger partial charge on any atom is 0.345 e. The molecular weight excluding hydrogens is 300 g/mol. The minimum absolute atomic E-state index is 0.0843. The van der Waals surface area contributed by atoms with Crippen LogP contribution in [-0.2, 0) is 0 Å². The number of carboxylic acids is 1. The molecule has 0 unspecified atom stereocenters. The number of hydrogen-bond acceptors (Lipinski definition) is 4. The van der Waals surface area contributed by atoms with Crippen molar-refractivity contribution >= 4 is 40.5 Å². The number of halogens is 1. The number of nitrogens with zero attached hydrogens (tertiary/aromatic N) is 1. The molecule has 0 fully saturated rings. The zero-order valence-electron chi connectivity index (χ0n) is 9.88. The minimum atomic E-state index is -1.08. The Balaban J connectivity index is 2.19. The first-order valence-electron chi connectivity index (χ1n) is 5.35. The van der Waals surface area contributed by atoms with Crippen molar-refractivity contribution in [1.82, 2.24) is 0 Å². The third kappa shape index (κ3) is 2.96. The number of carbonyl (C=O) groups is 2. The van der Waals surface area contributed by atoms with Crippen LogP contribution in [0.25, 0.3) is 0 Å². The Morgan fingerprint density at radius 2 is 1.95 bits per heavy atom. The summed E-state index contributed by atoms with van der Waals surface area (Å²) in [4.78, 5) is 23.0. The molecule has 0 aliphatic carbocycles. The van der Waals surface area contributed by atoms with Crippen LogP contribution < -0.4 is 5.32 Å². The van der Waals surface area contributed by atoms with Crippen LogP contribution in [0.3, 0.4) is 0 Å². The van der Waals surface area contributed by atoms with Gasteiger partial charge in [-0.15, -0.1) is 11.3 Å². The molecule has 2 rings (SSSR count). The van der Waals surface area contributed by atoms with Crippen molar-refractivity contribution in [3.05, 3.63) is 50.7 Å². The number of benzene rings is 1. The molecule has 1 aromatic heterocycles. The quantitative estimate of drug-likeness (QED) is 0.911. The maximum atomic E-state index is 11.9. The van der Waals surface area contributed by atoms with E-state index in [2.05, 4.69) is 5.32 Å². The normalized spacial score (nSPS) is 9.80. The van der Waals surface area contributed by atoms with E-state index in [-0.39, 0.29) is 14.8 Å². The van der Waals surface area contributed by atoms with E-state index in [1.165, 1.54) is 30.3 Å². The fourth-order valence-electron chi connectivity index (χ4n) is 1.44. The minimum Gasteiger partial charge on any atom is -0.477 e. The van der Waals surface area contributed by atoms with Gasteiger partial charge in [-0.1, -0.05) is 11.6 Å². The summed E-state index contributed by atoms with van der Waals surface area (Å²) in [7, 11) is 0. The van der Waals surface area contributed by atoms with Crippen LogP contribution in [0.5, 0.6) is 0 Å². The number of thiophene rings is 1. The number of nitriles is 1. The Morgan fingerprint density at radius 1 is 1.25 bits per heavy atom. The fourth-order valence-corrected chi connectivity index (χ4v) is 2.41. The van der Waals surface area contributed by atoms with Gasteiger partial charge in [0.05, 0.1) is 27.2 Å².